The van der Waals surface area contributed by atoms with Crippen LogP contribution < -0.4 is 11.3 Å². The Labute approximate surface area is 107 Å². The van der Waals surface area contributed by atoms with E-state index < -0.39 is 0 Å². The van der Waals surface area contributed by atoms with E-state index in [4.69, 9.17) is 5.84 Å². The van der Waals surface area contributed by atoms with E-state index >= 15 is 0 Å². The fourth-order valence-electron chi connectivity index (χ4n) is 2.00. The van der Waals surface area contributed by atoms with Gasteiger partial charge in [0.2, 0.25) is 0 Å². The Morgan fingerprint density at radius 2 is 2.00 bits per heavy atom. The first kappa shape index (κ1) is 12.7. The second kappa shape index (κ2) is 6.23. The van der Waals surface area contributed by atoms with Gasteiger partial charge in [-0.3, -0.25) is 5.84 Å². The van der Waals surface area contributed by atoms with Gasteiger partial charge in [-0.05, 0) is 23.6 Å². The number of aromatic nitrogens is 2. The first-order valence-electron chi connectivity index (χ1n) is 6.17. The number of aryl methyl sites for hydroxylation is 1. The smallest absolute Gasteiger partial charge is 0.150 e. The summed E-state index contributed by atoms with van der Waals surface area (Å²) in [7, 11) is 0. The van der Waals surface area contributed by atoms with Gasteiger partial charge in [0.15, 0.2) is 5.82 Å². The molecular weight excluding hydrogens is 224 g/mol. The molecule has 0 amide bonds. The van der Waals surface area contributed by atoms with Gasteiger partial charge in [-0.1, -0.05) is 37.6 Å². The highest BCUT2D eigenvalue weighted by Crippen LogP contribution is 2.19. The summed E-state index contributed by atoms with van der Waals surface area (Å²) >= 11 is 0. The summed E-state index contributed by atoms with van der Waals surface area (Å²) in [6, 6.07) is 10.0. The highest BCUT2D eigenvalue weighted by atomic mass is 15.2. The first-order valence-corrected chi connectivity index (χ1v) is 6.17. The fourth-order valence-corrected chi connectivity index (χ4v) is 2.00. The summed E-state index contributed by atoms with van der Waals surface area (Å²) < 4.78 is 0. The maximum atomic E-state index is 5.63. The van der Waals surface area contributed by atoms with E-state index in [-0.39, 0.29) is 6.04 Å². The predicted molar refractivity (Wildman–Crippen MR) is 71.6 cm³/mol. The van der Waals surface area contributed by atoms with Crippen LogP contribution in [-0.2, 0) is 6.42 Å². The number of hydrazine groups is 1. The molecule has 18 heavy (non-hydrogen) atoms. The van der Waals surface area contributed by atoms with E-state index in [1.165, 1.54) is 5.56 Å². The van der Waals surface area contributed by atoms with Crippen LogP contribution in [0.1, 0.15) is 36.3 Å². The Kier molecular flexibility index (Phi) is 4.39. The van der Waals surface area contributed by atoms with Gasteiger partial charge < -0.3 is 0 Å². The van der Waals surface area contributed by atoms with Crippen LogP contribution in [0.2, 0.25) is 0 Å². The number of benzene rings is 1. The van der Waals surface area contributed by atoms with Crippen LogP contribution in [0.15, 0.2) is 42.7 Å². The van der Waals surface area contributed by atoms with E-state index in [0.717, 1.165) is 18.4 Å². The molecule has 1 aromatic heterocycles. The third-order valence-electron chi connectivity index (χ3n) is 2.83. The normalized spacial score (nSPS) is 12.3. The SMILES string of the molecule is CCCc1cccc(C(NN)c2ncccn2)c1. The molecule has 0 spiro atoms. The van der Waals surface area contributed by atoms with Crippen LogP contribution in [0.3, 0.4) is 0 Å². The van der Waals surface area contributed by atoms with Gasteiger partial charge in [0.25, 0.3) is 0 Å². The number of nitrogens with two attached hydrogens (primary N) is 1. The molecule has 1 atom stereocenters. The third-order valence-corrected chi connectivity index (χ3v) is 2.83. The molecule has 2 rings (SSSR count). The quantitative estimate of drug-likeness (QED) is 0.621. The van der Waals surface area contributed by atoms with Gasteiger partial charge in [0.05, 0.1) is 0 Å². The van der Waals surface area contributed by atoms with E-state index in [1.807, 2.05) is 12.1 Å². The highest BCUT2D eigenvalue weighted by Gasteiger charge is 2.14. The highest BCUT2D eigenvalue weighted by molar-refractivity contribution is 5.29. The molecule has 0 radical (unpaired) electrons. The fraction of sp³-hybridized carbons (Fsp3) is 0.286. The Morgan fingerprint density at radius 1 is 1.22 bits per heavy atom. The van der Waals surface area contributed by atoms with E-state index in [2.05, 4.69) is 34.5 Å². The lowest BCUT2D eigenvalue weighted by Gasteiger charge is -2.15. The Bertz CT molecular complexity index is 484. The minimum absolute atomic E-state index is 0.164. The molecule has 1 unspecified atom stereocenters. The molecule has 4 heteroatoms. The average Bonchev–Trinajstić information content (AvgIpc) is 2.42. The molecule has 0 aliphatic carbocycles. The minimum atomic E-state index is -0.164. The van der Waals surface area contributed by atoms with Crippen LogP contribution in [0.4, 0.5) is 0 Å². The Balaban J connectivity index is 2.30. The number of nitrogens with one attached hydrogen (secondary N) is 1. The molecular formula is C14H18N4. The second-order valence-corrected chi connectivity index (χ2v) is 4.20. The molecule has 0 aliphatic heterocycles. The number of hydrogen-bond acceptors (Lipinski definition) is 4. The standard InChI is InChI=1S/C14H18N4/c1-2-5-11-6-3-7-12(10-11)13(18-15)14-16-8-4-9-17-14/h3-4,6-10,13,18H,2,5,15H2,1H3. The molecule has 3 N–H and O–H groups in total. The van der Waals surface area contributed by atoms with Crippen LogP contribution in [-0.4, -0.2) is 9.97 Å². The third kappa shape index (κ3) is 2.91. The van der Waals surface area contributed by atoms with E-state index in [0.29, 0.717) is 5.82 Å². The second-order valence-electron chi connectivity index (χ2n) is 4.20. The number of hydrogen-bond donors (Lipinski definition) is 2. The van der Waals surface area contributed by atoms with Crippen molar-refractivity contribution in [1.29, 1.82) is 0 Å². The van der Waals surface area contributed by atoms with Crippen molar-refractivity contribution in [2.75, 3.05) is 0 Å². The van der Waals surface area contributed by atoms with Gasteiger partial charge in [-0.15, -0.1) is 0 Å². The molecule has 94 valence electrons. The zero-order chi connectivity index (χ0) is 12.8. The van der Waals surface area contributed by atoms with Gasteiger partial charge in [0, 0.05) is 12.4 Å². The predicted octanol–water partition coefficient (Wildman–Crippen LogP) is 1.98. The van der Waals surface area contributed by atoms with Crippen LogP contribution in [0.25, 0.3) is 0 Å². The van der Waals surface area contributed by atoms with Crippen molar-refractivity contribution < 1.29 is 0 Å². The number of rotatable bonds is 5. The maximum absolute atomic E-state index is 5.63. The van der Waals surface area contributed by atoms with Crippen LogP contribution >= 0.6 is 0 Å². The zero-order valence-corrected chi connectivity index (χ0v) is 10.5. The average molecular weight is 242 g/mol. The Morgan fingerprint density at radius 3 is 2.67 bits per heavy atom. The van der Waals surface area contributed by atoms with Crippen molar-refractivity contribution in [3.63, 3.8) is 0 Å². The molecule has 0 saturated carbocycles. The topological polar surface area (TPSA) is 63.8 Å². The summed E-state index contributed by atoms with van der Waals surface area (Å²) in [5.41, 5.74) is 5.18. The minimum Gasteiger partial charge on any atom is -0.270 e. The van der Waals surface area contributed by atoms with Crippen molar-refractivity contribution in [1.82, 2.24) is 15.4 Å². The van der Waals surface area contributed by atoms with Crippen LogP contribution in [0.5, 0.6) is 0 Å². The van der Waals surface area contributed by atoms with Crippen LogP contribution in [0, 0.1) is 0 Å². The summed E-state index contributed by atoms with van der Waals surface area (Å²) in [4.78, 5) is 8.50. The van der Waals surface area contributed by atoms with Crippen molar-refractivity contribution in [2.45, 2.75) is 25.8 Å². The van der Waals surface area contributed by atoms with E-state index in [1.54, 1.807) is 18.5 Å². The summed E-state index contributed by atoms with van der Waals surface area (Å²) in [6.45, 7) is 2.17. The molecule has 0 aliphatic rings. The van der Waals surface area contributed by atoms with Gasteiger partial charge in [0.1, 0.15) is 6.04 Å². The maximum Gasteiger partial charge on any atom is 0.150 e. The van der Waals surface area contributed by atoms with Gasteiger partial charge >= 0.3 is 0 Å². The zero-order valence-electron chi connectivity index (χ0n) is 10.5. The van der Waals surface area contributed by atoms with Crippen molar-refractivity contribution in [2.24, 2.45) is 5.84 Å². The first-order chi connectivity index (χ1) is 8.85. The lowest BCUT2D eigenvalue weighted by Crippen LogP contribution is -2.30. The molecule has 0 bridgehead atoms. The molecule has 1 aromatic carbocycles. The molecule has 0 fully saturated rings. The molecule has 4 nitrogen and oxygen atoms in total. The van der Waals surface area contributed by atoms with Gasteiger partial charge in [-0.25, -0.2) is 15.4 Å². The molecule has 1 heterocycles. The van der Waals surface area contributed by atoms with Gasteiger partial charge in [-0.2, -0.15) is 0 Å². The van der Waals surface area contributed by atoms with E-state index in [9.17, 15) is 0 Å². The van der Waals surface area contributed by atoms with Crippen molar-refractivity contribution in [3.8, 4) is 0 Å². The lowest BCUT2D eigenvalue weighted by molar-refractivity contribution is 0.600. The van der Waals surface area contributed by atoms with Crippen molar-refractivity contribution >= 4 is 0 Å². The summed E-state index contributed by atoms with van der Waals surface area (Å²) in [6.07, 6.45) is 5.65. The monoisotopic (exact) mass is 242 g/mol. The Hall–Kier alpha value is -1.78. The molecule has 0 saturated heterocycles. The summed E-state index contributed by atoms with van der Waals surface area (Å²) in [5.74, 6) is 6.32. The number of nitrogens with zero attached hydrogens (tertiary/aromatic N) is 2. The summed E-state index contributed by atoms with van der Waals surface area (Å²) in [5, 5.41) is 0. The van der Waals surface area contributed by atoms with Crippen molar-refractivity contribution in [3.05, 3.63) is 59.7 Å². The largest absolute Gasteiger partial charge is 0.270 e. The lowest BCUT2D eigenvalue weighted by atomic mass is 10.0. The molecule has 2 aromatic rings.